The van der Waals surface area contributed by atoms with Gasteiger partial charge in [-0.2, -0.15) is 0 Å². The van der Waals surface area contributed by atoms with Crippen molar-refractivity contribution < 1.29 is 4.42 Å². The summed E-state index contributed by atoms with van der Waals surface area (Å²) < 4.78 is 9.63. The number of hydrogen-bond donors (Lipinski definition) is 0. The number of para-hydroxylation sites is 2. The van der Waals surface area contributed by atoms with E-state index < -0.39 is 5.41 Å². The topological polar surface area (TPSA) is 19.6 Å². The molecule has 0 radical (unpaired) electrons. The van der Waals surface area contributed by atoms with Gasteiger partial charge in [0.15, 0.2) is 0 Å². The molecule has 0 saturated heterocycles. The monoisotopic (exact) mass is 1240 g/mol. The van der Waals surface area contributed by atoms with Crippen LogP contribution in [-0.2, 0) is 5.41 Å². The van der Waals surface area contributed by atoms with Crippen LogP contribution in [0.3, 0.4) is 0 Å². The van der Waals surface area contributed by atoms with Crippen molar-refractivity contribution in [2.75, 3.05) is 9.80 Å². The van der Waals surface area contributed by atoms with Crippen molar-refractivity contribution in [2.45, 2.75) is 15.2 Å². The van der Waals surface area contributed by atoms with Gasteiger partial charge in [-0.05, 0) is 174 Å². The summed E-state index contributed by atoms with van der Waals surface area (Å²) in [6.45, 7) is 0. The van der Waals surface area contributed by atoms with Gasteiger partial charge in [0.05, 0.1) is 21.5 Å². The molecule has 0 bridgehead atoms. The Morgan fingerprint density at radius 1 is 0.333 bits per heavy atom. The molecule has 93 heavy (non-hydrogen) atoms. The van der Waals surface area contributed by atoms with Crippen LogP contribution >= 0.6 is 34.7 Å². The average Bonchev–Trinajstić information content (AvgIpc) is 1.58. The number of halogens is 1. The summed E-state index contributed by atoms with van der Waals surface area (Å²) in [5.74, 6) is 0. The molecule has 0 amide bonds. The summed E-state index contributed by atoms with van der Waals surface area (Å²) in [6.07, 6.45) is 0. The minimum atomic E-state index is -0.828. The molecule has 2 aromatic heterocycles. The molecule has 17 aromatic rings. The van der Waals surface area contributed by atoms with Crippen molar-refractivity contribution in [3.8, 4) is 44.5 Å². The molecule has 436 valence electrons. The number of benzene rings is 15. The van der Waals surface area contributed by atoms with E-state index >= 15 is 0 Å². The zero-order valence-electron chi connectivity index (χ0n) is 50.1. The molecule has 3 heterocycles. The van der Waals surface area contributed by atoms with Crippen LogP contribution in [0.1, 0.15) is 22.3 Å². The van der Waals surface area contributed by atoms with Crippen molar-refractivity contribution in [1.82, 2.24) is 0 Å². The SMILES string of the molecule is Clc1cccc2c1Sc1ccc(N(c3ccc4ccccc4c3)c3cc(-c4ccc(-c5ccccc5)cc4)c4sc5ccccc5c4c3)cc1C21c2ccccc2-c2ccc(N(c3ccccc3)c3ccc(-c4cccc5ccccc45)c4oc5ccccc5c34)cc21. The van der Waals surface area contributed by atoms with Crippen LogP contribution in [-0.4, -0.2) is 0 Å². The average molecular weight is 1240 g/mol. The minimum Gasteiger partial charge on any atom is -0.455 e. The quantitative estimate of drug-likeness (QED) is 0.143. The van der Waals surface area contributed by atoms with Gasteiger partial charge in [-0.3, -0.25) is 0 Å². The van der Waals surface area contributed by atoms with Gasteiger partial charge in [0.25, 0.3) is 0 Å². The molecule has 1 atom stereocenters. The summed E-state index contributed by atoms with van der Waals surface area (Å²) in [7, 11) is 0. The first kappa shape index (κ1) is 53.9. The largest absolute Gasteiger partial charge is 0.455 e. The predicted octanol–water partition coefficient (Wildman–Crippen LogP) is 25.7. The second-order valence-corrected chi connectivity index (χ2v) is 26.8. The van der Waals surface area contributed by atoms with Gasteiger partial charge in [0.2, 0.25) is 0 Å². The maximum atomic E-state index is 7.58. The van der Waals surface area contributed by atoms with E-state index in [2.05, 4.69) is 331 Å². The number of anilines is 6. The van der Waals surface area contributed by atoms with Crippen LogP contribution in [0.2, 0.25) is 5.02 Å². The standard InChI is InChI=1S/C87H53ClN2OS2/c88-78-34-18-33-75-86(78)93-82-48-44-62(89(61-42-41-55-21-7-8-23-59(55)49-61)64-50-72(85-73(51-64)69-29-13-16-36-81(69)92-85)58-39-37-56(38-40-58)54-19-3-1-4-20-54)53-77(82)87(75)74-32-14-11-28-67(74)68-45-43-63(52-76(68)87)90(60-25-5-2-6-26-60)79-47-46-70(66-31-17-24-57-22-9-10-27-65(57)66)84-83(79)71-30-12-15-35-80(71)91-84/h1-53H. The van der Waals surface area contributed by atoms with Gasteiger partial charge >= 0.3 is 0 Å². The Labute approximate surface area is 551 Å². The fourth-order valence-corrected chi connectivity index (χ4v) is 17.9. The zero-order valence-corrected chi connectivity index (χ0v) is 52.5. The van der Waals surface area contributed by atoms with Gasteiger partial charge in [-0.25, -0.2) is 0 Å². The van der Waals surface area contributed by atoms with Gasteiger partial charge in [-0.15, -0.1) is 11.3 Å². The molecule has 19 rings (SSSR count). The van der Waals surface area contributed by atoms with Crippen LogP contribution in [0.25, 0.3) is 108 Å². The van der Waals surface area contributed by atoms with Crippen molar-refractivity contribution in [3.63, 3.8) is 0 Å². The number of fused-ring (bicyclic) bond motifs is 17. The number of thiophene rings is 1. The molecule has 1 aliphatic heterocycles. The van der Waals surface area contributed by atoms with Crippen LogP contribution in [0.15, 0.2) is 336 Å². The summed E-state index contributed by atoms with van der Waals surface area (Å²) in [4.78, 5) is 7.16. The molecule has 3 nitrogen and oxygen atoms in total. The Morgan fingerprint density at radius 3 is 1.82 bits per heavy atom. The molecule has 6 heteroatoms. The Morgan fingerprint density at radius 2 is 0.946 bits per heavy atom. The lowest BCUT2D eigenvalue weighted by Gasteiger charge is -2.41. The Hall–Kier alpha value is -10.9. The lowest BCUT2D eigenvalue weighted by molar-refractivity contribution is 0.670. The van der Waals surface area contributed by atoms with Crippen LogP contribution in [0, 0.1) is 0 Å². The third-order valence-electron chi connectivity index (χ3n) is 19.3. The van der Waals surface area contributed by atoms with Crippen LogP contribution in [0.5, 0.6) is 0 Å². The summed E-state index contributed by atoms with van der Waals surface area (Å²) in [6, 6.07) is 118. The maximum absolute atomic E-state index is 7.58. The highest BCUT2D eigenvalue weighted by Gasteiger charge is 2.51. The molecular formula is C87H53ClN2OS2. The molecule has 0 N–H and O–H groups in total. The number of hydrogen-bond acceptors (Lipinski definition) is 5. The van der Waals surface area contributed by atoms with Crippen molar-refractivity contribution in [1.29, 1.82) is 0 Å². The van der Waals surface area contributed by atoms with E-state index in [9.17, 15) is 0 Å². The first-order chi connectivity index (χ1) is 46.0. The third kappa shape index (κ3) is 8.37. The fourth-order valence-electron chi connectivity index (χ4n) is 15.3. The van der Waals surface area contributed by atoms with E-state index in [1.165, 1.54) is 91.8 Å². The highest BCUT2D eigenvalue weighted by molar-refractivity contribution is 7.99. The normalized spacial score (nSPS) is 13.9. The molecule has 1 unspecified atom stereocenters. The zero-order chi connectivity index (χ0) is 61.3. The predicted molar refractivity (Wildman–Crippen MR) is 394 cm³/mol. The number of nitrogens with zero attached hydrogens (tertiary/aromatic N) is 2. The van der Waals surface area contributed by atoms with E-state index in [0.717, 1.165) is 87.6 Å². The summed E-state index contributed by atoms with van der Waals surface area (Å²) in [5, 5.41) is 10.0. The van der Waals surface area contributed by atoms with Gasteiger partial charge in [0.1, 0.15) is 11.2 Å². The van der Waals surface area contributed by atoms with E-state index in [4.69, 9.17) is 16.0 Å². The van der Waals surface area contributed by atoms with E-state index in [1.54, 1.807) is 11.8 Å². The molecule has 15 aromatic carbocycles. The summed E-state index contributed by atoms with van der Waals surface area (Å²) >= 11 is 11.2. The lowest BCUT2D eigenvalue weighted by atomic mass is 9.67. The van der Waals surface area contributed by atoms with Gasteiger partial charge < -0.3 is 14.2 Å². The Kier molecular flexibility index (Phi) is 12.4. The van der Waals surface area contributed by atoms with Crippen molar-refractivity contribution in [3.05, 3.63) is 349 Å². The van der Waals surface area contributed by atoms with Crippen molar-refractivity contribution in [2.24, 2.45) is 0 Å². The first-order valence-corrected chi connectivity index (χ1v) is 33.6. The lowest BCUT2D eigenvalue weighted by Crippen LogP contribution is -2.32. The molecule has 2 aliphatic rings. The molecule has 0 fully saturated rings. The van der Waals surface area contributed by atoms with E-state index in [1.807, 2.05) is 11.3 Å². The van der Waals surface area contributed by atoms with Gasteiger partial charge in [0, 0.05) is 74.9 Å². The molecule has 0 saturated carbocycles. The fraction of sp³-hybridized carbons (Fsp3) is 0.0115. The number of rotatable bonds is 9. The smallest absolute Gasteiger partial charge is 0.145 e. The molecule has 1 aliphatic carbocycles. The molecule has 1 spiro atoms. The van der Waals surface area contributed by atoms with Crippen molar-refractivity contribution >= 4 is 132 Å². The van der Waals surface area contributed by atoms with E-state index in [0.29, 0.717) is 0 Å². The van der Waals surface area contributed by atoms with Crippen LogP contribution < -0.4 is 9.80 Å². The minimum absolute atomic E-state index is 0.735. The Balaban J connectivity index is 0.857. The molecular weight excluding hydrogens is 1190 g/mol. The number of furan rings is 1. The second kappa shape index (κ2) is 21.3. The maximum Gasteiger partial charge on any atom is 0.145 e. The third-order valence-corrected chi connectivity index (χ3v) is 22.2. The first-order valence-electron chi connectivity index (χ1n) is 31.6. The highest BCUT2D eigenvalue weighted by atomic mass is 35.5. The highest BCUT2D eigenvalue weighted by Crippen LogP contribution is 2.65. The van der Waals surface area contributed by atoms with Crippen LogP contribution in [0.4, 0.5) is 34.1 Å². The Bertz CT molecular complexity index is 5890. The second-order valence-electron chi connectivity index (χ2n) is 24.3. The summed E-state index contributed by atoms with van der Waals surface area (Å²) in [5.41, 5.74) is 21.2. The van der Waals surface area contributed by atoms with E-state index in [-0.39, 0.29) is 0 Å². The van der Waals surface area contributed by atoms with Gasteiger partial charge in [-0.1, -0.05) is 248 Å².